The van der Waals surface area contributed by atoms with E-state index >= 15 is 0 Å². The fourth-order valence-corrected chi connectivity index (χ4v) is 2.09. The Kier molecular flexibility index (Phi) is 6.92. The minimum atomic E-state index is -0.223. The van der Waals surface area contributed by atoms with E-state index in [0.717, 1.165) is 11.4 Å². The van der Waals surface area contributed by atoms with Gasteiger partial charge in [0.25, 0.3) is 0 Å². The van der Waals surface area contributed by atoms with Gasteiger partial charge in [-0.05, 0) is 24.3 Å². The van der Waals surface area contributed by atoms with Crippen molar-refractivity contribution in [1.82, 2.24) is 20.6 Å². The number of methoxy groups -OCH3 is 2. The van der Waals surface area contributed by atoms with E-state index in [9.17, 15) is 0 Å². The summed E-state index contributed by atoms with van der Waals surface area (Å²) < 4.78 is 10.8. The maximum absolute atomic E-state index is 5.41. The molecule has 2 heterocycles. The van der Waals surface area contributed by atoms with Crippen molar-refractivity contribution in [2.45, 2.75) is 12.5 Å². The SMILES string of the molecule is COC(NCCNC(OC)c1ccccn1)c1ccccn1. The van der Waals surface area contributed by atoms with E-state index in [4.69, 9.17) is 9.47 Å². The lowest BCUT2D eigenvalue weighted by atomic mass is 10.3. The van der Waals surface area contributed by atoms with Crippen molar-refractivity contribution in [3.8, 4) is 0 Å². The van der Waals surface area contributed by atoms with Gasteiger partial charge in [0, 0.05) is 39.7 Å². The summed E-state index contributed by atoms with van der Waals surface area (Å²) in [4.78, 5) is 8.57. The van der Waals surface area contributed by atoms with Crippen molar-refractivity contribution in [2.75, 3.05) is 27.3 Å². The minimum Gasteiger partial charge on any atom is -0.361 e. The summed E-state index contributed by atoms with van der Waals surface area (Å²) in [6.45, 7) is 1.42. The number of pyridine rings is 2. The molecule has 0 amide bonds. The van der Waals surface area contributed by atoms with Gasteiger partial charge < -0.3 is 9.47 Å². The van der Waals surface area contributed by atoms with Crippen LogP contribution in [0, 0.1) is 0 Å². The highest BCUT2D eigenvalue weighted by atomic mass is 16.5. The van der Waals surface area contributed by atoms with Crippen molar-refractivity contribution in [1.29, 1.82) is 0 Å². The van der Waals surface area contributed by atoms with Gasteiger partial charge in [0.2, 0.25) is 0 Å². The van der Waals surface area contributed by atoms with Crippen LogP contribution in [0.15, 0.2) is 48.8 Å². The van der Waals surface area contributed by atoms with Crippen LogP contribution in [0.25, 0.3) is 0 Å². The van der Waals surface area contributed by atoms with E-state index in [2.05, 4.69) is 20.6 Å². The summed E-state index contributed by atoms with van der Waals surface area (Å²) in [5, 5.41) is 6.59. The highest BCUT2D eigenvalue weighted by molar-refractivity contribution is 5.07. The highest BCUT2D eigenvalue weighted by Crippen LogP contribution is 2.10. The largest absolute Gasteiger partial charge is 0.361 e. The third-order valence-electron chi connectivity index (χ3n) is 3.17. The number of aromatic nitrogens is 2. The van der Waals surface area contributed by atoms with Gasteiger partial charge in [-0.25, -0.2) is 0 Å². The minimum absolute atomic E-state index is 0.223. The molecule has 0 aliphatic heterocycles. The molecule has 0 spiro atoms. The Labute approximate surface area is 130 Å². The molecule has 2 aromatic heterocycles. The van der Waals surface area contributed by atoms with E-state index in [1.165, 1.54) is 0 Å². The molecular formula is C16H22N4O2. The molecule has 2 atom stereocenters. The molecule has 0 bridgehead atoms. The predicted octanol–water partition coefficient (Wildman–Crippen LogP) is 1.65. The van der Waals surface area contributed by atoms with Crippen LogP contribution in [-0.2, 0) is 9.47 Å². The number of hydrogen-bond donors (Lipinski definition) is 2. The molecule has 0 radical (unpaired) electrons. The van der Waals surface area contributed by atoms with Gasteiger partial charge >= 0.3 is 0 Å². The molecule has 0 aromatic carbocycles. The Balaban J connectivity index is 1.78. The summed E-state index contributed by atoms with van der Waals surface area (Å²) in [5.41, 5.74) is 1.72. The second-order valence-electron chi connectivity index (χ2n) is 4.65. The molecule has 2 aromatic rings. The molecule has 118 valence electrons. The van der Waals surface area contributed by atoms with Crippen molar-refractivity contribution < 1.29 is 9.47 Å². The molecular weight excluding hydrogens is 280 g/mol. The first-order chi connectivity index (χ1) is 10.8. The molecule has 0 saturated carbocycles. The summed E-state index contributed by atoms with van der Waals surface area (Å²) in [7, 11) is 3.32. The monoisotopic (exact) mass is 302 g/mol. The molecule has 2 N–H and O–H groups in total. The van der Waals surface area contributed by atoms with Crippen LogP contribution in [0.3, 0.4) is 0 Å². The van der Waals surface area contributed by atoms with E-state index in [0.29, 0.717) is 13.1 Å². The predicted molar refractivity (Wildman–Crippen MR) is 84.0 cm³/mol. The maximum Gasteiger partial charge on any atom is 0.150 e. The number of nitrogens with zero attached hydrogens (tertiary/aromatic N) is 2. The van der Waals surface area contributed by atoms with Crippen LogP contribution in [0.1, 0.15) is 23.8 Å². The van der Waals surface area contributed by atoms with Crippen LogP contribution < -0.4 is 10.6 Å². The molecule has 2 unspecified atom stereocenters. The molecule has 0 fully saturated rings. The zero-order chi connectivity index (χ0) is 15.6. The van der Waals surface area contributed by atoms with Crippen LogP contribution in [-0.4, -0.2) is 37.3 Å². The van der Waals surface area contributed by atoms with Gasteiger partial charge in [0.05, 0.1) is 11.4 Å². The topological polar surface area (TPSA) is 68.3 Å². The Hall–Kier alpha value is -1.86. The van der Waals surface area contributed by atoms with Crippen molar-refractivity contribution in [3.63, 3.8) is 0 Å². The Morgan fingerprint density at radius 2 is 1.27 bits per heavy atom. The van der Waals surface area contributed by atoms with E-state index < -0.39 is 0 Å². The summed E-state index contributed by atoms with van der Waals surface area (Å²) in [6, 6.07) is 11.5. The highest BCUT2D eigenvalue weighted by Gasteiger charge is 2.12. The normalized spacial score (nSPS) is 13.7. The molecule has 0 aliphatic carbocycles. The average molecular weight is 302 g/mol. The van der Waals surface area contributed by atoms with Crippen molar-refractivity contribution >= 4 is 0 Å². The fourth-order valence-electron chi connectivity index (χ4n) is 2.09. The number of rotatable bonds is 9. The molecule has 6 heteroatoms. The Morgan fingerprint density at radius 1 is 0.818 bits per heavy atom. The number of hydrogen-bond acceptors (Lipinski definition) is 6. The molecule has 2 rings (SSSR count). The zero-order valence-electron chi connectivity index (χ0n) is 12.9. The molecule has 6 nitrogen and oxygen atoms in total. The first-order valence-electron chi connectivity index (χ1n) is 7.19. The Bertz CT molecular complexity index is 475. The third kappa shape index (κ3) is 4.85. The van der Waals surface area contributed by atoms with E-state index in [-0.39, 0.29) is 12.5 Å². The Morgan fingerprint density at radius 3 is 1.59 bits per heavy atom. The van der Waals surface area contributed by atoms with Crippen molar-refractivity contribution in [2.24, 2.45) is 0 Å². The van der Waals surface area contributed by atoms with Gasteiger partial charge in [-0.15, -0.1) is 0 Å². The van der Waals surface area contributed by atoms with Gasteiger partial charge in [-0.1, -0.05) is 12.1 Å². The van der Waals surface area contributed by atoms with Crippen LogP contribution in [0.5, 0.6) is 0 Å². The van der Waals surface area contributed by atoms with Crippen LogP contribution >= 0.6 is 0 Å². The molecule has 0 aliphatic rings. The van der Waals surface area contributed by atoms with Crippen LogP contribution in [0.4, 0.5) is 0 Å². The summed E-state index contributed by atoms with van der Waals surface area (Å²) in [6.07, 6.45) is 3.06. The lowest BCUT2D eigenvalue weighted by Gasteiger charge is -2.19. The average Bonchev–Trinajstić information content (AvgIpc) is 2.60. The van der Waals surface area contributed by atoms with E-state index in [1.807, 2.05) is 36.4 Å². The number of ether oxygens (including phenoxy) is 2. The van der Waals surface area contributed by atoms with Gasteiger partial charge in [0.15, 0.2) is 12.5 Å². The first kappa shape index (κ1) is 16.5. The van der Waals surface area contributed by atoms with E-state index in [1.54, 1.807) is 26.6 Å². The standard InChI is InChI=1S/C16H22N4O2/c1-21-15(13-7-3-5-9-17-13)19-11-12-20-16(22-2)14-8-4-6-10-18-14/h3-10,15-16,19-20H,11-12H2,1-2H3. The van der Waals surface area contributed by atoms with Crippen molar-refractivity contribution in [3.05, 3.63) is 60.2 Å². The zero-order valence-corrected chi connectivity index (χ0v) is 12.9. The number of nitrogens with one attached hydrogen (secondary N) is 2. The lowest BCUT2D eigenvalue weighted by molar-refractivity contribution is 0.0581. The maximum atomic E-state index is 5.41. The first-order valence-corrected chi connectivity index (χ1v) is 7.19. The summed E-state index contributed by atoms with van der Waals surface area (Å²) >= 11 is 0. The van der Waals surface area contributed by atoms with Gasteiger partial charge in [0.1, 0.15) is 0 Å². The second-order valence-corrected chi connectivity index (χ2v) is 4.65. The molecule has 0 saturated heterocycles. The third-order valence-corrected chi connectivity index (χ3v) is 3.17. The molecule has 22 heavy (non-hydrogen) atoms. The van der Waals surface area contributed by atoms with Gasteiger partial charge in [-0.3, -0.25) is 20.6 Å². The quantitative estimate of drug-likeness (QED) is 0.542. The summed E-state index contributed by atoms with van der Waals surface area (Å²) in [5.74, 6) is 0. The second kappa shape index (κ2) is 9.22. The van der Waals surface area contributed by atoms with Gasteiger partial charge in [-0.2, -0.15) is 0 Å². The lowest BCUT2D eigenvalue weighted by Crippen LogP contribution is -2.34. The fraction of sp³-hybridized carbons (Fsp3) is 0.375. The smallest absolute Gasteiger partial charge is 0.150 e. The van der Waals surface area contributed by atoms with Crippen LogP contribution in [0.2, 0.25) is 0 Å².